The molecule has 3 nitrogen and oxygen atoms in total. The van der Waals surface area contributed by atoms with E-state index in [2.05, 4.69) is 5.32 Å². The molecule has 0 radical (unpaired) electrons. The van der Waals surface area contributed by atoms with Crippen LogP contribution in [0.4, 0.5) is 22.0 Å². The second-order valence-electron chi connectivity index (χ2n) is 7.18. The number of carbonyl (C=O) groups is 1. The van der Waals surface area contributed by atoms with E-state index in [1.54, 1.807) is 36.4 Å². The number of amides is 1. The molecule has 0 aliphatic heterocycles. The summed E-state index contributed by atoms with van der Waals surface area (Å²) in [5.74, 6) is -2.52. The molecular formula is C24H17F5N2O. The first-order chi connectivity index (χ1) is 15.1. The fourth-order valence-electron chi connectivity index (χ4n) is 3.55. The smallest absolute Gasteiger partial charge is 0.341 e. The van der Waals surface area contributed by atoms with Gasteiger partial charge in [0.15, 0.2) is 0 Å². The molecular weight excluding hydrogens is 427 g/mol. The van der Waals surface area contributed by atoms with Crippen LogP contribution >= 0.6 is 0 Å². The maximum Gasteiger partial charge on any atom is 0.416 e. The molecule has 1 N–H and O–H groups in total. The predicted molar refractivity (Wildman–Crippen MR) is 107 cm³/mol. The molecule has 3 aromatic rings. The van der Waals surface area contributed by atoms with Gasteiger partial charge in [-0.3, -0.25) is 4.79 Å². The third-order valence-corrected chi connectivity index (χ3v) is 4.96. The number of nitrogens with one attached hydrogen (secondary N) is 1. The maximum atomic E-state index is 14.4. The van der Waals surface area contributed by atoms with Crippen LogP contribution in [0.5, 0.6) is 0 Å². The number of nitrogens with zero attached hydrogens (tertiary/aromatic N) is 1. The average Bonchev–Trinajstić information content (AvgIpc) is 2.73. The first-order valence-electron chi connectivity index (χ1n) is 9.50. The number of hydrogen-bond acceptors (Lipinski definition) is 2. The fraction of sp³-hybridized carbons (Fsp3) is 0.167. The maximum absolute atomic E-state index is 14.4. The van der Waals surface area contributed by atoms with E-state index in [0.717, 1.165) is 24.3 Å². The Morgan fingerprint density at radius 2 is 1.47 bits per heavy atom. The van der Waals surface area contributed by atoms with Crippen LogP contribution in [0.15, 0.2) is 72.8 Å². The van der Waals surface area contributed by atoms with Gasteiger partial charge in [-0.15, -0.1) is 0 Å². The van der Waals surface area contributed by atoms with Gasteiger partial charge in [0.25, 0.3) is 0 Å². The molecule has 3 rings (SSSR count). The Bertz CT molecular complexity index is 1140. The van der Waals surface area contributed by atoms with Gasteiger partial charge in [-0.05, 0) is 47.0 Å². The Morgan fingerprint density at radius 1 is 0.844 bits per heavy atom. The SMILES string of the molecule is N#CCC(=O)N[C@](Cc1ccccc1)(c1ccc(F)cc1)c1cc(F)cc(C(F)(F)F)c1. The summed E-state index contributed by atoms with van der Waals surface area (Å²) < 4.78 is 68.4. The Morgan fingerprint density at radius 3 is 2.06 bits per heavy atom. The molecule has 164 valence electrons. The zero-order valence-corrected chi connectivity index (χ0v) is 16.6. The molecule has 8 heteroatoms. The van der Waals surface area contributed by atoms with Gasteiger partial charge in [-0.25, -0.2) is 8.78 Å². The standard InChI is InChI=1S/C24H17F5N2O/c25-20-8-6-17(7-9-20)23(31-22(32)10-11-30,15-16-4-2-1-3-5-16)18-12-19(24(27,28)29)14-21(26)13-18/h1-9,12-14H,10,15H2,(H,31,32)/t23-/m1/s1. The Hall–Kier alpha value is -3.73. The number of nitriles is 1. The highest BCUT2D eigenvalue weighted by Crippen LogP contribution is 2.38. The number of alkyl halides is 3. The van der Waals surface area contributed by atoms with Gasteiger partial charge in [-0.2, -0.15) is 18.4 Å². The third-order valence-electron chi connectivity index (χ3n) is 4.96. The van der Waals surface area contributed by atoms with Gasteiger partial charge in [0.05, 0.1) is 17.2 Å². The van der Waals surface area contributed by atoms with Crippen molar-refractivity contribution in [2.45, 2.75) is 24.6 Å². The molecule has 1 amide bonds. The van der Waals surface area contributed by atoms with E-state index in [9.17, 15) is 26.7 Å². The van der Waals surface area contributed by atoms with Crippen LogP contribution in [0, 0.1) is 23.0 Å². The number of benzene rings is 3. The number of halogens is 5. The molecule has 0 saturated carbocycles. The van der Waals surface area contributed by atoms with Crippen LogP contribution in [-0.4, -0.2) is 5.91 Å². The highest BCUT2D eigenvalue weighted by molar-refractivity contribution is 5.80. The molecule has 0 heterocycles. The topological polar surface area (TPSA) is 52.9 Å². The van der Waals surface area contributed by atoms with E-state index in [0.29, 0.717) is 11.6 Å². The molecule has 0 aliphatic carbocycles. The molecule has 0 unspecified atom stereocenters. The molecule has 32 heavy (non-hydrogen) atoms. The minimum absolute atomic E-state index is 0.0720. The quantitative estimate of drug-likeness (QED) is 0.511. The second-order valence-corrected chi connectivity index (χ2v) is 7.18. The van der Waals surface area contributed by atoms with Crippen LogP contribution < -0.4 is 5.32 Å². The fourth-order valence-corrected chi connectivity index (χ4v) is 3.55. The lowest BCUT2D eigenvalue weighted by atomic mass is 9.77. The summed E-state index contributed by atoms with van der Waals surface area (Å²) in [5.41, 5.74) is -2.28. The minimum atomic E-state index is -4.84. The van der Waals surface area contributed by atoms with Gasteiger partial charge in [0, 0.05) is 6.42 Å². The van der Waals surface area contributed by atoms with E-state index in [1.165, 1.54) is 12.1 Å². The second kappa shape index (κ2) is 9.18. The highest BCUT2D eigenvalue weighted by Gasteiger charge is 2.39. The van der Waals surface area contributed by atoms with Crippen molar-refractivity contribution in [3.05, 3.63) is 107 Å². The zero-order chi connectivity index (χ0) is 23.4. The monoisotopic (exact) mass is 444 g/mol. The lowest BCUT2D eigenvalue weighted by Gasteiger charge is -2.37. The largest absolute Gasteiger partial charge is 0.416 e. The van der Waals surface area contributed by atoms with Crippen LogP contribution in [0.1, 0.15) is 28.7 Å². The van der Waals surface area contributed by atoms with Gasteiger partial charge in [0.1, 0.15) is 18.1 Å². The number of rotatable bonds is 6. The summed E-state index contributed by atoms with van der Waals surface area (Å²) in [4.78, 5) is 12.5. The molecule has 0 aliphatic rings. The van der Waals surface area contributed by atoms with Crippen LogP contribution in [0.25, 0.3) is 0 Å². The predicted octanol–water partition coefficient (Wildman–Crippen LogP) is 5.50. The summed E-state index contributed by atoms with van der Waals surface area (Å²) in [7, 11) is 0. The van der Waals surface area contributed by atoms with E-state index < -0.39 is 41.2 Å². The Kier molecular flexibility index (Phi) is 6.58. The van der Waals surface area contributed by atoms with Crippen molar-refractivity contribution in [1.82, 2.24) is 5.32 Å². The summed E-state index contributed by atoms with van der Waals surface area (Å²) >= 11 is 0. The number of hydrogen-bond donors (Lipinski definition) is 1. The van der Waals surface area contributed by atoms with Crippen molar-refractivity contribution in [2.24, 2.45) is 0 Å². The lowest BCUT2D eigenvalue weighted by Crippen LogP contribution is -2.48. The van der Waals surface area contributed by atoms with Crippen molar-refractivity contribution in [2.75, 3.05) is 0 Å². The minimum Gasteiger partial charge on any atom is -0.341 e. The van der Waals surface area contributed by atoms with Crippen LogP contribution in [0.2, 0.25) is 0 Å². The Balaban J connectivity index is 2.31. The molecule has 0 fully saturated rings. The first-order valence-corrected chi connectivity index (χ1v) is 9.50. The summed E-state index contributed by atoms with van der Waals surface area (Å²) in [6.07, 6.45) is -5.48. The summed E-state index contributed by atoms with van der Waals surface area (Å²) in [6, 6.07) is 17.0. The zero-order valence-electron chi connectivity index (χ0n) is 16.6. The van der Waals surface area contributed by atoms with Gasteiger partial charge in [-0.1, -0.05) is 42.5 Å². The van der Waals surface area contributed by atoms with E-state index in [-0.39, 0.29) is 17.5 Å². The molecule has 0 bridgehead atoms. The van der Waals surface area contributed by atoms with Gasteiger partial charge >= 0.3 is 6.18 Å². The van der Waals surface area contributed by atoms with Gasteiger partial charge < -0.3 is 5.32 Å². The van der Waals surface area contributed by atoms with Gasteiger partial charge in [0.2, 0.25) is 5.91 Å². The average molecular weight is 444 g/mol. The van der Waals surface area contributed by atoms with Crippen molar-refractivity contribution < 1.29 is 26.7 Å². The highest BCUT2D eigenvalue weighted by atomic mass is 19.4. The van der Waals surface area contributed by atoms with Crippen LogP contribution in [0.3, 0.4) is 0 Å². The van der Waals surface area contributed by atoms with Crippen molar-refractivity contribution in [3.63, 3.8) is 0 Å². The molecule has 1 atom stereocenters. The van der Waals surface area contributed by atoms with E-state index >= 15 is 0 Å². The van der Waals surface area contributed by atoms with Crippen molar-refractivity contribution in [1.29, 1.82) is 5.26 Å². The molecule has 0 aromatic heterocycles. The van der Waals surface area contributed by atoms with Crippen molar-refractivity contribution in [3.8, 4) is 6.07 Å². The molecule has 0 saturated heterocycles. The third kappa shape index (κ3) is 5.11. The van der Waals surface area contributed by atoms with E-state index in [1.807, 2.05) is 0 Å². The number of carbonyl (C=O) groups excluding carboxylic acids is 1. The first kappa shape index (κ1) is 22.9. The normalized spacial score (nSPS) is 13.1. The molecule has 3 aromatic carbocycles. The molecule has 0 spiro atoms. The lowest BCUT2D eigenvalue weighted by molar-refractivity contribution is -0.137. The Labute approximate surface area is 181 Å². The van der Waals surface area contributed by atoms with Crippen LogP contribution in [-0.2, 0) is 22.9 Å². The summed E-state index contributed by atoms with van der Waals surface area (Å²) in [5, 5.41) is 11.5. The summed E-state index contributed by atoms with van der Waals surface area (Å²) in [6.45, 7) is 0. The van der Waals surface area contributed by atoms with Crippen molar-refractivity contribution >= 4 is 5.91 Å². The van der Waals surface area contributed by atoms with E-state index in [4.69, 9.17) is 5.26 Å².